The Morgan fingerprint density at radius 3 is 2.58 bits per heavy atom. The first-order chi connectivity index (χ1) is 12.5. The average Bonchev–Trinajstić information content (AvgIpc) is 2.93. The lowest BCUT2D eigenvalue weighted by molar-refractivity contribution is -0.145. The summed E-state index contributed by atoms with van der Waals surface area (Å²) in [6, 6.07) is 9.49. The van der Waals surface area contributed by atoms with Gasteiger partial charge in [-0.05, 0) is 18.4 Å². The maximum Gasteiger partial charge on any atom is 0.317 e. The number of nitrogens with zero attached hydrogens (tertiary/aromatic N) is 3. The van der Waals surface area contributed by atoms with Gasteiger partial charge in [0.2, 0.25) is 11.8 Å². The van der Waals surface area contributed by atoms with Gasteiger partial charge in [0.15, 0.2) is 0 Å². The smallest absolute Gasteiger partial charge is 0.317 e. The van der Waals surface area contributed by atoms with Crippen LogP contribution in [0.15, 0.2) is 30.3 Å². The van der Waals surface area contributed by atoms with Crippen LogP contribution in [-0.4, -0.2) is 72.3 Å². The van der Waals surface area contributed by atoms with Gasteiger partial charge in [0.05, 0.1) is 5.92 Å². The van der Waals surface area contributed by atoms with Crippen LogP contribution in [0.25, 0.3) is 0 Å². The van der Waals surface area contributed by atoms with Gasteiger partial charge >= 0.3 is 6.03 Å². The van der Waals surface area contributed by atoms with Gasteiger partial charge in [-0.25, -0.2) is 4.79 Å². The van der Waals surface area contributed by atoms with Crippen molar-refractivity contribution >= 4 is 17.8 Å². The summed E-state index contributed by atoms with van der Waals surface area (Å²) in [6.07, 6.45) is 1.61. The quantitative estimate of drug-likeness (QED) is 0.869. The number of carbonyl (C=O) groups is 3. The van der Waals surface area contributed by atoms with E-state index in [4.69, 9.17) is 0 Å². The van der Waals surface area contributed by atoms with Crippen molar-refractivity contribution in [3.8, 4) is 0 Å². The highest BCUT2D eigenvalue weighted by atomic mass is 16.2. The third-order valence-electron chi connectivity index (χ3n) is 5.17. The van der Waals surface area contributed by atoms with Crippen LogP contribution in [0.4, 0.5) is 4.79 Å². The fourth-order valence-electron chi connectivity index (χ4n) is 3.59. The van der Waals surface area contributed by atoms with E-state index < -0.39 is 0 Å². The number of benzene rings is 1. The number of amides is 4. The molecule has 3 heterocycles. The maximum absolute atomic E-state index is 12.7. The van der Waals surface area contributed by atoms with Crippen molar-refractivity contribution in [2.75, 3.05) is 33.7 Å². The summed E-state index contributed by atoms with van der Waals surface area (Å²) < 4.78 is 0. The number of carbonyl (C=O) groups excluding carboxylic acids is 3. The zero-order valence-corrected chi connectivity index (χ0v) is 15.4. The Morgan fingerprint density at radius 1 is 1.15 bits per heavy atom. The van der Waals surface area contributed by atoms with Gasteiger partial charge in [0.25, 0.3) is 0 Å². The Bertz CT molecular complexity index is 677. The summed E-state index contributed by atoms with van der Waals surface area (Å²) in [5, 5.41) is 2.94. The van der Waals surface area contributed by atoms with Crippen LogP contribution in [0.1, 0.15) is 18.4 Å². The molecule has 3 aliphatic heterocycles. The summed E-state index contributed by atoms with van der Waals surface area (Å²) >= 11 is 0. The molecule has 7 heteroatoms. The number of fused-ring (bicyclic) bond motifs is 4. The average molecular weight is 358 g/mol. The number of urea groups is 1. The first-order valence-corrected chi connectivity index (χ1v) is 9.03. The van der Waals surface area contributed by atoms with E-state index in [0.717, 1.165) is 18.4 Å². The normalized spacial score (nSPS) is 22.2. The van der Waals surface area contributed by atoms with E-state index in [0.29, 0.717) is 19.6 Å². The van der Waals surface area contributed by atoms with Crippen molar-refractivity contribution in [1.82, 2.24) is 20.0 Å². The number of hydrogen-bond acceptors (Lipinski definition) is 3. The van der Waals surface area contributed by atoms with E-state index in [1.54, 1.807) is 23.9 Å². The molecular formula is C19H26N4O3. The zero-order chi connectivity index (χ0) is 18.7. The minimum atomic E-state index is -0.216. The minimum Gasteiger partial charge on any atom is -0.347 e. The summed E-state index contributed by atoms with van der Waals surface area (Å²) in [5.41, 5.74) is 1.04. The van der Waals surface area contributed by atoms with Crippen LogP contribution in [0.2, 0.25) is 0 Å². The zero-order valence-electron chi connectivity index (χ0n) is 15.4. The molecule has 7 nitrogen and oxygen atoms in total. The molecule has 1 N–H and O–H groups in total. The van der Waals surface area contributed by atoms with Crippen LogP contribution in [0, 0.1) is 5.92 Å². The predicted molar refractivity (Wildman–Crippen MR) is 97.2 cm³/mol. The van der Waals surface area contributed by atoms with E-state index in [-0.39, 0.29) is 36.3 Å². The highest BCUT2D eigenvalue weighted by molar-refractivity contribution is 5.87. The van der Waals surface area contributed by atoms with Crippen LogP contribution in [0.3, 0.4) is 0 Å². The molecule has 3 fully saturated rings. The van der Waals surface area contributed by atoms with Crippen LogP contribution in [0.5, 0.6) is 0 Å². The molecule has 140 valence electrons. The van der Waals surface area contributed by atoms with Crippen LogP contribution < -0.4 is 5.32 Å². The molecule has 0 aliphatic carbocycles. The van der Waals surface area contributed by atoms with Gasteiger partial charge in [-0.3, -0.25) is 9.59 Å². The molecule has 2 bridgehead atoms. The highest BCUT2D eigenvalue weighted by Gasteiger charge is 2.42. The molecule has 2 atom stereocenters. The Kier molecular flexibility index (Phi) is 5.44. The lowest BCUT2D eigenvalue weighted by atomic mass is 9.94. The largest absolute Gasteiger partial charge is 0.347 e. The lowest BCUT2D eigenvalue weighted by Gasteiger charge is -2.35. The summed E-state index contributed by atoms with van der Waals surface area (Å²) in [4.78, 5) is 42.3. The van der Waals surface area contributed by atoms with E-state index in [9.17, 15) is 14.4 Å². The fraction of sp³-hybridized carbons (Fsp3) is 0.526. The Balaban J connectivity index is 1.64. The van der Waals surface area contributed by atoms with Crippen molar-refractivity contribution in [3.05, 3.63) is 35.9 Å². The Morgan fingerprint density at radius 2 is 1.88 bits per heavy atom. The molecule has 0 saturated carbocycles. The minimum absolute atomic E-state index is 0.00481. The summed E-state index contributed by atoms with van der Waals surface area (Å²) in [6.45, 7) is 1.45. The topological polar surface area (TPSA) is 73.0 Å². The van der Waals surface area contributed by atoms with E-state index in [1.165, 1.54) is 4.90 Å². The molecule has 0 aromatic heterocycles. The van der Waals surface area contributed by atoms with Crippen molar-refractivity contribution in [2.45, 2.75) is 25.4 Å². The molecule has 3 saturated heterocycles. The molecule has 1 aromatic carbocycles. The fourth-order valence-corrected chi connectivity index (χ4v) is 3.59. The van der Waals surface area contributed by atoms with Gasteiger partial charge in [0, 0.05) is 39.8 Å². The second-order valence-electron chi connectivity index (χ2n) is 7.23. The number of nitrogens with one attached hydrogen (secondary N) is 1. The van der Waals surface area contributed by atoms with Crippen LogP contribution >= 0.6 is 0 Å². The van der Waals surface area contributed by atoms with Gasteiger partial charge in [-0.2, -0.15) is 0 Å². The van der Waals surface area contributed by atoms with Gasteiger partial charge in [-0.15, -0.1) is 0 Å². The standard InChI is InChI=1S/C19H26N4O3/c1-21(2)17(24)13-23-16-9-8-15(18(23)25)11-22(12-16)19(26)20-10-14-6-4-3-5-7-14/h3-7,15-16H,8-13H2,1-2H3,(H,20,26)/t15-,16+/m1/s1. The number of hydrogen-bond donors (Lipinski definition) is 1. The van der Waals surface area contributed by atoms with Crippen molar-refractivity contribution in [3.63, 3.8) is 0 Å². The molecule has 3 aliphatic rings. The van der Waals surface area contributed by atoms with Crippen LogP contribution in [-0.2, 0) is 16.1 Å². The number of rotatable bonds is 4. The number of piperidine rings is 1. The van der Waals surface area contributed by atoms with Gasteiger partial charge in [-0.1, -0.05) is 30.3 Å². The third-order valence-corrected chi connectivity index (χ3v) is 5.17. The maximum atomic E-state index is 12.7. The monoisotopic (exact) mass is 358 g/mol. The first-order valence-electron chi connectivity index (χ1n) is 9.03. The van der Waals surface area contributed by atoms with E-state index in [1.807, 2.05) is 30.3 Å². The van der Waals surface area contributed by atoms with E-state index >= 15 is 0 Å². The predicted octanol–water partition coefficient (Wildman–Crippen LogP) is 0.907. The highest BCUT2D eigenvalue weighted by Crippen LogP contribution is 2.29. The molecule has 0 spiro atoms. The first kappa shape index (κ1) is 18.2. The van der Waals surface area contributed by atoms with Gasteiger partial charge < -0.3 is 20.0 Å². The van der Waals surface area contributed by atoms with Crippen molar-refractivity contribution < 1.29 is 14.4 Å². The SMILES string of the molecule is CN(C)C(=O)CN1C(=O)[C@@H]2CC[C@H]1CN(C(=O)NCc1ccccc1)C2. The molecule has 26 heavy (non-hydrogen) atoms. The third kappa shape index (κ3) is 3.98. The van der Waals surface area contributed by atoms with E-state index in [2.05, 4.69) is 5.32 Å². The lowest BCUT2D eigenvalue weighted by Crippen LogP contribution is -2.51. The second-order valence-corrected chi connectivity index (χ2v) is 7.23. The Labute approximate surface area is 153 Å². The molecule has 1 aromatic rings. The number of likely N-dealkylation sites (N-methyl/N-ethyl adjacent to an activating group) is 1. The molecule has 4 amide bonds. The van der Waals surface area contributed by atoms with Gasteiger partial charge in [0.1, 0.15) is 6.54 Å². The van der Waals surface area contributed by atoms with Crippen molar-refractivity contribution in [1.29, 1.82) is 0 Å². The van der Waals surface area contributed by atoms with Crippen molar-refractivity contribution in [2.24, 2.45) is 5.92 Å². The summed E-state index contributed by atoms with van der Waals surface area (Å²) in [7, 11) is 3.37. The molecule has 0 radical (unpaired) electrons. The molecule has 4 rings (SSSR count). The molecule has 0 unspecified atom stereocenters. The summed E-state index contributed by atoms with van der Waals surface area (Å²) in [5.74, 6) is -0.313. The second kappa shape index (κ2) is 7.76. The Hall–Kier alpha value is -2.57. The molecular weight excluding hydrogens is 332 g/mol.